The number of nitrogen functional groups attached to an aromatic ring is 1. The lowest BCUT2D eigenvalue weighted by Crippen LogP contribution is -2.38. The van der Waals surface area contributed by atoms with Crippen molar-refractivity contribution in [3.8, 4) is 6.07 Å². The van der Waals surface area contributed by atoms with Crippen molar-refractivity contribution in [3.05, 3.63) is 48.1 Å². The van der Waals surface area contributed by atoms with E-state index >= 15 is 0 Å². The lowest BCUT2D eigenvalue weighted by molar-refractivity contribution is -0.161. The van der Waals surface area contributed by atoms with Gasteiger partial charge in [-0.1, -0.05) is 193 Å². The van der Waals surface area contributed by atoms with E-state index in [0.29, 0.717) is 49.0 Å². The summed E-state index contributed by atoms with van der Waals surface area (Å²) in [6, 6.07) is 5.68. The molecule has 1 aliphatic carbocycles. The lowest BCUT2D eigenvalue weighted by Gasteiger charge is -2.28. The fraction of sp³-hybridized carbons (Fsp3) is 0.800. The highest BCUT2D eigenvalue weighted by molar-refractivity contribution is 7.48. The van der Waals surface area contributed by atoms with Crippen LogP contribution in [0.15, 0.2) is 42.4 Å². The van der Waals surface area contributed by atoms with Crippen LogP contribution in [0.3, 0.4) is 0 Å². The number of nitrogens with zero attached hydrogens (tertiary/aromatic N) is 4. The minimum Gasteiger partial charge on any atom is -0.408 e. The molecule has 1 saturated heterocycles. The molecule has 3 heterocycles. The van der Waals surface area contributed by atoms with Gasteiger partial charge in [-0.3, -0.25) is 9.05 Å². The van der Waals surface area contributed by atoms with Crippen molar-refractivity contribution in [2.75, 3.05) is 45.4 Å². The van der Waals surface area contributed by atoms with Gasteiger partial charge in [0.2, 0.25) is 0 Å². The van der Waals surface area contributed by atoms with Gasteiger partial charge in [0.25, 0.3) is 0 Å². The van der Waals surface area contributed by atoms with E-state index in [0.717, 1.165) is 25.7 Å². The number of hydrogen-bond acceptors (Lipinski definition) is 13. The molecule has 70 heavy (non-hydrogen) atoms. The first-order valence-electron chi connectivity index (χ1n) is 27.7. The molecule has 0 saturated carbocycles. The molecule has 1 aliphatic heterocycles. The van der Waals surface area contributed by atoms with Crippen LogP contribution >= 0.6 is 7.82 Å². The van der Waals surface area contributed by atoms with Gasteiger partial charge < -0.3 is 33.9 Å². The molecule has 1 fully saturated rings. The Morgan fingerprint density at radius 1 is 0.743 bits per heavy atom. The van der Waals surface area contributed by atoms with Gasteiger partial charge in [-0.2, -0.15) is 10.4 Å². The van der Waals surface area contributed by atoms with Crippen LogP contribution in [0, 0.1) is 11.3 Å². The largest absolute Gasteiger partial charge is 0.529 e. The third kappa shape index (κ3) is 24.2. The normalized spacial score (nSPS) is 18.3. The third-order valence-electron chi connectivity index (χ3n) is 13.2. The Kier molecular flexibility index (Phi) is 30.8. The van der Waals surface area contributed by atoms with Crippen LogP contribution in [-0.4, -0.2) is 78.3 Å². The second-order valence-electron chi connectivity index (χ2n) is 19.9. The second kappa shape index (κ2) is 36.1. The van der Waals surface area contributed by atoms with E-state index in [9.17, 15) is 9.83 Å². The monoisotopic (exact) mass is 1000 g/mol. The maximum atomic E-state index is 14.7. The van der Waals surface area contributed by atoms with Crippen LogP contribution in [-0.2, 0) is 41.8 Å². The minimum atomic E-state index is -4.30. The molecule has 2 aromatic heterocycles. The maximum absolute atomic E-state index is 14.7. The number of phosphoric acid groups is 1. The maximum Gasteiger partial charge on any atom is 0.529 e. The molecular formula is C55H94N5O9P. The van der Waals surface area contributed by atoms with Crippen molar-refractivity contribution in [2.24, 2.45) is 0 Å². The van der Waals surface area contributed by atoms with E-state index in [4.69, 9.17) is 43.0 Å². The molecular weight excluding hydrogens is 906 g/mol. The van der Waals surface area contributed by atoms with Crippen molar-refractivity contribution in [1.82, 2.24) is 14.6 Å². The average molecular weight is 1000 g/mol. The van der Waals surface area contributed by atoms with Crippen molar-refractivity contribution < 1.29 is 41.8 Å². The SMILES string of the molecule is CCCCCCCCCCCCCCCCOC[C@H](COP(=O)(OC[C@@H](OCC#N)[C@H]1OC(C)(C)O[C@H]1c1ccc2c(N)ncnn12)OC1=CC=CC1)OCCCCCCCCCCCCCCCC. The van der Waals surface area contributed by atoms with Crippen LogP contribution < -0.4 is 5.73 Å². The van der Waals surface area contributed by atoms with Gasteiger partial charge in [-0.05, 0) is 44.9 Å². The fourth-order valence-electron chi connectivity index (χ4n) is 9.23. The van der Waals surface area contributed by atoms with Gasteiger partial charge in [0.05, 0.1) is 31.6 Å². The first kappa shape index (κ1) is 59.7. The summed E-state index contributed by atoms with van der Waals surface area (Å²) in [5.41, 5.74) is 7.39. The number of phosphoric ester groups is 1. The first-order chi connectivity index (χ1) is 34.2. The number of fused-ring (bicyclic) bond motifs is 1. The first-order valence-corrected chi connectivity index (χ1v) is 29.2. The summed E-state index contributed by atoms with van der Waals surface area (Å²) < 4.78 is 66.1. The Balaban J connectivity index is 1.30. The van der Waals surface area contributed by atoms with Gasteiger partial charge in [0.1, 0.15) is 48.6 Å². The predicted molar refractivity (Wildman–Crippen MR) is 279 cm³/mol. The zero-order valence-electron chi connectivity index (χ0n) is 44.0. The summed E-state index contributed by atoms with van der Waals surface area (Å²) in [5, 5.41) is 14.0. The van der Waals surface area contributed by atoms with E-state index in [-0.39, 0.29) is 19.8 Å². The van der Waals surface area contributed by atoms with Crippen molar-refractivity contribution in [2.45, 2.75) is 244 Å². The van der Waals surface area contributed by atoms with Crippen LogP contribution in [0.25, 0.3) is 5.52 Å². The Morgan fingerprint density at radius 3 is 1.83 bits per heavy atom. The lowest BCUT2D eigenvalue weighted by atomic mass is 10.0. The zero-order chi connectivity index (χ0) is 50.0. The van der Waals surface area contributed by atoms with E-state index < -0.39 is 38.0 Å². The molecule has 4 rings (SSSR count). The number of ether oxygens (including phenoxy) is 5. The van der Waals surface area contributed by atoms with Gasteiger partial charge in [0.15, 0.2) is 11.6 Å². The number of hydrogen-bond donors (Lipinski definition) is 1. The number of unbranched alkanes of at least 4 members (excludes halogenated alkanes) is 26. The average Bonchev–Trinajstić information content (AvgIpc) is 4.11. The van der Waals surface area contributed by atoms with Crippen LogP contribution in [0.4, 0.5) is 5.82 Å². The quantitative estimate of drug-likeness (QED) is 0.0491. The fourth-order valence-corrected chi connectivity index (χ4v) is 10.5. The number of nitrogens with two attached hydrogens (primary N) is 1. The second-order valence-corrected chi connectivity index (χ2v) is 21.5. The summed E-state index contributed by atoms with van der Waals surface area (Å²) in [7, 11) is -4.30. The number of rotatable bonds is 45. The number of aromatic nitrogens is 3. The van der Waals surface area contributed by atoms with E-state index in [1.807, 2.05) is 24.3 Å². The topological polar surface area (TPSA) is 171 Å². The summed E-state index contributed by atoms with van der Waals surface area (Å²) in [5.74, 6) is -0.291. The molecule has 0 aromatic carbocycles. The molecule has 5 atom stereocenters. The number of nitriles is 1. The van der Waals surface area contributed by atoms with Crippen molar-refractivity contribution in [3.63, 3.8) is 0 Å². The molecule has 0 amide bonds. The van der Waals surface area contributed by atoms with Crippen LogP contribution in [0.5, 0.6) is 0 Å². The zero-order valence-corrected chi connectivity index (χ0v) is 44.9. The molecule has 0 spiro atoms. The Labute approximate surface area is 423 Å². The molecule has 14 nitrogen and oxygen atoms in total. The van der Waals surface area contributed by atoms with Crippen molar-refractivity contribution >= 4 is 19.2 Å². The smallest absolute Gasteiger partial charge is 0.408 e. The standard InChI is InChI=1S/C55H94N5O9P/c1-5-7-9-11-13-15-17-19-21-23-25-27-29-33-40-62-43-48(63-41-34-30-28-26-24-22-20-18-16-14-12-10-8-6-2)44-65-70(61,69-47-35-31-32-36-47)66-45-51(64-42-39-56)53-52(67-55(3,4)68-53)49-37-38-50-54(57)58-46-59-60(49)50/h31-32,35,37-38,46,48,51-53H,5-30,33-34,36,40-45H2,1-4H3,(H2,57,58,59)/t48-,51-,52+,53-,70?/m1/s1. The Bertz CT molecular complexity index is 1820. The summed E-state index contributed by atoms with van der Waals surface area (Å²) in [6.07, 6.45) is 40.5. The Morgan fingerprint density at radius 2 is 1.29 bits per heavy atom. The molecule has 0 radical (unpaired) electrons. The predicted octanol–water partition coefficient (Wildman–Crippen LogP) is 14.8. The molecule has 1 unspecified atom stereocenters. The molecule has 398 valence electrons. The molecule has 0 bridgehead atoms. The third-order valence-corrected chi connectivity index (χ3v) is 14.6. The van der Waals surface area contributed by atoms with E-state index in [1.165, 1.54) is 160 Å². The summed E-state index contributed by atoms with van der Waals surface area (Å²) in [4.78, 5) is 4.11. The van der Waals surface area contributed by atoms with Gasteiger partial charge in [-0.25, -0.2) is 14.1 Å². The summed E-state index contributed by atoms with van der Waals surface area (Å²) in [6.45, 7) is 8.92. The number of anilines is 1. The molecule has 15 heteroatoms. The van der Waals surface area contributed by atoms with Crippen LogP contribution in [0.1, 0.15) is 226 Å². The van der Waals surface area contributed by atoms with Gasteiger partial charge in [-0.15, -0.1) is 0 Å². The van der Waals surface area contributed by atoms with E-state index in [1.54, 1.807) is 30.5 Å². The minimum absolute atomic E-state index is 0.0744. The van der Waals surface area contributed by atoms with Gasteiger partial charge >= 0.3 is 7.82 Å². The highest BCUT2D eigenvalue weighted by Gasteiger charge is 2.49. The number of allylic oxidation sites excluding steroid dienone is 3. The summed E-state index contributed by atoms with van der Waals surface area (Å²) >= 11 is 0. The molecule has 2 N–H and O–H groups in total. The highest BCUT2D eigenvalue weighted by Crippen LogP contribution is 2.53. The highest BCUT2D eigenvalue weighted by atomic mass is 31.2. The van der Waals surface area contributed by atoms with Crippen LogP contribution in [0.2, 0.25) is 0 Å². The van der Waals surface area contributed by atoms with Gasteiger partial charge in [0, 0.05) is 19.6 Å². The van der Waals surface area contributed by atoms with E-state index in [2.05, 4.69) is 23.9 Å². The molecule has 2 aromatic rings. The Hall–Kier alpha value is -2.86. The van der Waals surface area contributed by atoms with Crippen molar-refractivity contribution in [1.29, 1.82) is 5.26 Å². The molecule has 2 aliphatic rings.